The Morgan fingerprint density at radius 3 is 2.24 bits per heavy atom. The van der Waals surface area contributed by atoms with Crippen LogP contribution in [0.3, 0.4) is 0 Å². The molecule has 0 aromatic heterocycles. The molecule has 2 amide bonds. The van der Waals surface area contributed by atoms with E-state index in [4.69, 9.17) is 27.9 Å². The molecule has 0 aliphatic rings. The molecule has 1 N–H and O–H groups in total. The van der Waals surface area contributed by atoms with E-state index >= 15 is 0 Å². The van der Waals surface area contributed by atoms with Crippen LogP contribution in [-0.4, -0.2) is 57.1 Å². The average Bonchev–Trinajstić information content (AvgIpc) is 2.75. The Bertz CT molecular complexity index is 1140. The van der Waals surface area contributed by atoms with E-state index < -0.39 is 28.5 Å². The number of hydrogen-bond acceptors (Lipinski definition) is 5. The molecule has 1 atom stereocenters. The van der Waals surface area contributed by atoms with E-state index in [9.17, 15) is 18.0 Å². The summed E-state index contributed by atoms with van der Waals surface area (Å²) in [4.78, 5) is 27.5. The molecule has 11 heteroatoms. The van der Waals surface area contributed by atoms with Crippen LogP contribution in [0.4, 0.5) is 5.69 Å². The number of carbonyl (C=O) groups excluding carboxylic acids is 2. The van der Waals surface area contributed by atoms with Gasteiger partial charge in [0.25, 0.3) is 0 Å². The Morgan fingerprint density at radius 2 is 1.71 bits per heavy atom. The average molecular weight is 530 g/mol. The first-order valence-corrected chi connectivity index (χ1v) is 13.1. The van der Waals surface area contributed by atoms with Crippen molar-refractivity contribution >= 4 is 50.7 Å². The van der Waals surface area contributed by atoms with Crippen molar-refractivity contribution in [3.05, 3.63) is 58.1 Å². The molecule has 0 bridgehead atoms. The molecular formula is C23H29Cl2N3O5S. The van der Waals surface area contributed by atoms with Gasteiger partial charge in [0.1, 0.15) is 18.3 Å². The lowest BCUT2D eigenvalue weighted by Gasteiger charge is -2.32. The van der Waals surface area contributed by atoms with Crippen molar-refractivity contribution in [1.82, 2.24) is 10.2 Å². The van der Waals surface area contributed by atoms with E-state index in [1.807, 2.05) is 13.8 Å². The van der Waals surface area contributed by atoms with Crippen LogP contribution in [0, 0.1) is 0 Å². The number of amides is 2. The molecule has 186 valence electrons. The first-order valence-electron chi connectivity index (χ1n) is 10.5. The smallest absolute Gasteiger partial charge is 0.244 e. The number of sulfonamides is 1. The summed E-state index contributed by atoms with van der Waals surface area (Å²) in [6, 6.07) is 10.3. The van der Waals surface area contributed by atoms with Crippen LogP contribution in [0.1, 0.15) is 26.3 Å². The number of carbonyl (C=O) groups is 2. The van der Waals surface area contributed by atoms with Gasteiger partial charge in [0.05, 0.1) is 24.1 Å². The highest BCUT2D eigenvalue weighted by Gasteiger charge is 2.30. The van der Waals surface area contributed by atoms with Crippen molar-refractivity contribution in [2.24, 2.45) is 0 Å². The van der Waals surface area contributed by atoms with Crippen LogP contribution in [0.25, 0.3) is 0 Å². The second-order valence-corrected chi connectivity index (χ2v) is 10.8. The third kappa shape index (κ3) is 7.25. The molecule has 0 heterocycles. The Labute approximate surface area is 210 Å². The fraction of sp³-hybridized carbons (Fsp3) is 0.391. The van der Waals surface area contributed by atoms with Gasteiger partial charge in [-0.3, -0.25) is 13.9 Å². The summed E-state index contributed by atoms with van der Waals surface area (Å²) in [6.45, 7) is 4.69. The third-order valence-corrected chi connectivity index (χ3v) is 6.80. The van der Waals surface area contributed by atoms with Gasteiger partial charge in [0.15, 0.2) is 0 Å². The quantitative estimate of drug-likeness (QED) is 0.506. The van der Waals surface area contributed by atoms with Crippen LogP contribution < -0.4 is 14.4 Å². The van der Waals surface area contributed by atoms with E-state index in [0.717, 1.165) is 10.6 Å². The molecule has 0 aliphatic carbocycles. The largest absolute Gasteiger partial charge is 0.495 e. The highest BCUT2D eigenvalue weighted by molar-refractivity contribution is 7.92. The maximum atomic E-state index is 13.5. The second-order valence-electron chi connectivity index (χ2n) is 8.04. The number of nitrogens with one attached hydrogen (secondary N) is 1. The van der Waals surface area contributed by atoms with Crippen LogP contribution in [0.2, 0.25) is 10.0 Å². The molecule has 34 heavy (non-hydrogen) atoms. The lowest BCUT2D eigenvalue weighted by Crippen LogP contribution is -2.52. The van der Waals surface area contributed by atoms with Crippen LogP contribution in [-0.2, 0) is 26.2 Å². The molecular weight excluding hydrogens is 501 g/mol. The normalized spacial score (nSPS) is 12.2. The molecule has 2 rings (SSSR count). The number of halogens is 2. The Balaban J connectivity index is 2.43. The summed E-state index contributed by atoms with van der Waals surface area (Å²) in [5.74, 6) is -0.581. The van der Waals surface area contributed by atoms with Gasteiger partial charge in [0, 0.05) is 17.6 Å². The Morgan fingerprint density at radius 1 is 1.06 bits per heavy atom. The van der Waals surface area contributed by atoms with Crippen molar-refractivity contribution in [3.8, 4) is 5.75 Å². The predicted octanol–water partition coefficient (Wildman–Crippen LogP) is 3.71. The third-order valence-electron chi connectivity index (χ3n) is 5.00. The van der Waals surface area contributed by atoms with Crippen molar-refractivity contribution in [3.63, 3.8) is 0 Å². The number of nitrogens with zero attached hydrogens (tertiary/aromatic N) is 2. The topological polar surface area (TPSA) is 96.0 Å². The zero-order chi connectivity index (χ0) is 25.6. The molecule has 0 aliphatic heterocycles. The highest BCUT2D eigenvalue weighted by Crippen LogP contribution is 2.30. The molecule has 0 radical (unpaired) electrons. The molecule has 0 spiro atoms. The van der Waals surface area contributed by atoms with Crippen LogP contribution in [0.5, 0.6) is 5.75 Å². The molecule has 0 unspecified atom stereocenters. The highest BCUT2D eigenvalue weighted by atomic mass is 35.5. The number of benzene rings is 2. The number of hydrogen-bond donors (Lipinski definition) is 1. The SMILES string of the molecule is COc1ccc(N(CC(=O)N(Cc2ccccc2Cl)[C@@H](C)C(=O)NC(C)C)S(C)(=O)=O)cc1Cl. The summed E-state index contributed by atoms with van der Waals surface area (Å²) < 4.78 is 31.3. The second kappa shape index (κ2) is 11.8. The summed E-state index contributed by atoms with van der Waals surface area (Å²) in [5, 5.41) is 3.41. The summed E-state index contributed by atoms with van der Waals surface area (Å²) in [6.07, 6.45) is 0.992. The monoisotopic (exact) mass is 529 g/mol. The van der Waals surface area contributed by atoms with E-state index in [1.54, 1.807) is 31.2 Å². The molecule has 2 aromatic carbocycles. The fourth-order valence-electron chi connectivity index (χ4n) is 3.22. The molecule has 0 fully saturated rings. The van der Waals surface area contributed by atoms with Gasteiger partial charge in [-0.05, 0) is 50.6 Å². The predicted molar refractivity (Wildman–Crippen MR) is 135 cm³/mol. The molecule has 2 aromatic rings. The summed E-state index contributed by atoms with van der Waals surface area (Å²) in [5.41, 5.74) is 0.818. The van der Waals surface area contributed by atoms with E-state index in [0.29, 0.717) is 16.3 Å². The maximum absolute atomic E-state index is 13.5. The van der Waals surface area contributed by atoms with Gasteiger partial charge in [-0.1, -0.05) is 41.4 Å². The molecule has 0 saturated carbocycles. The van der Waals surface area contributed by atoms with Crippen molar-refractivity contribution in [1.29, 1.82) is 0 Å². The van der Waals surface area contributed by atoms with Gasteiger partial charge in [-0.25, -0.2) is 8.42 Å². The minimum absolute atomic E-state index is 0.0200. The summed E-state index contributed by atoms with van der Waals surface area (Å²) >= 11 is 12.5. The number of rotatable bonds is 10. The van der Waals surface area contributed by atoms with Gasteiger partial charge < -0.3 is 15.0 Å². The van der Waals surface area contributed by atoms with E-state index in [2.05, 4.69) is 5.32 Å². The van der Waals surface area contributed by atoms with Gasteiger partial charge >= 0.3 is 0 Å². The van der Waals surface area contributed by atoms with Crippen molar-refractivity contribution in [2.45, 2.75) is 39.4 Å². The molecule has 0 saturated heterocycles. The maximum Gasteiger partial charge on any atom is 0.244 e. The van der Waals surface area contributed by atoms with Gasteiger partial charge in [-0.2, -0.15) is 0 Å². The van der Waals surface area contributed by atoms with Crippen LogP contribution in [0.15, 0.2) is 42.5 Å². The fourth-order valence-corrected chi connectivity index (χ4v) is 4.51. The number of methoxy groups -OCH3 is 1. The zero-order valence-electron chi connectivity index (χ0n) is 19.7. The van der Waals surface area contributed by atoms with Gasteiger partial charge in [0.2, 0.25) is 21.8 Å². The number of ether oxygens (including phenoxy) is 1. The van der Waals surface area contributed by atoms with E-state index in [1.165, 1.54) is 30.2 Å². The Kier molecular flexibility index (Phi) is 9.61. The summed E-state index contributed by atoms with van der Waals surface area (Å²) in [7, 11) is -2.43. The van der Waals surface area contributed by atoms with Crippen molar-refractivity contribution < 1.29 is 22.7 Å². The minimum Gasteiger partial charge on any atom is -0.495 e. The minimum atomic E-state index is -3.87. The Hall–Kier alpha value is -2.49. The van der Waals surface area contributed by atoms with Crippen LogP contribution >= 0.6 is 23.2 Å². The lowest BCUT2D eigenvalue weighted by molar-refractivity contribution is -0.139. The molecule has 8 nitrogen and oxygen atoms in total. The standard InChI is InChI=1S/C23H29Cl2N3O5S/c1-15(2)26-23(30)16(3)27(13-17-8-6-7-9-19(17)24)22(29)14-28(34(5,31)32)18-10-11-21(33-4)20(25)12-18/h6-12,15-16H,13-14H2,1-5H3,(H,26,30)/t16-/m0/s1. The van der Waals surface area contributed by atoms with Gasteiger partial charge in [-0.15, -0.1) is 0 Å². The first kappa shape index (κ1) is 27.8. The lowest BCUT2D eigenvalue weighted by atomic mass is 10.1. The first-order chi connectivity index (χ1) is 15.8. The zero-order valence-corrected chi connectivity index (χ0v) is 22.0. The van der Waals surface area contributed by atoms with E-state index in [-0.39, 0.29) is 29.2 Å². The van der Waals surface area contributed by atoms with Crippen molar-refractivity contribution in [2.75, 3.05) is 24.2 Å². The number of anilines is 1.